The van der Waals surface area contributed by atoms with Gasteiger partial charge in [-0.25, -0.2) is 13.2 Å². The molecular formula is C20H31N3O6S. The zero-order valence-electron chi connectivity index (χ0n) is 18.2. The van der Waals surface area contributed by atoms with Crippen LogP contribution < -0.4 is 5.32 Å². The van der Waals surface area contributed by atoms with E-state index in [0.29, 0.717) is 19.5 Å². The molecule has 9 nitrogen and oxygen atoms in total. The molecule has 1 atom stereocenters. The van der Waals surface area contributed by atoms with Gasteiger partial charge in [-0.2, -0.15) is 0 Å². The van der Waals surface area contributed by atoms with Crippen LogP contribution in [-0.4, -0.2) is 61.4 Å². The lowest BCUT2D eigenvalue weighted by Crippen LogP contribution is -2.56. The number of amides is 1. The molecule has 0 radical (unpaired) electrons. The molecule has 1 N–H and O–H groups in total. The highest BCUT2D eigenvalue weighted by Crippen LogP contribution is 2.30. The average molecular weight is 442 g/mol. The number of rotatable bonds is 6. The van der Waals surface area contributed by atoms with E-state index in [9.17, 15) is 23.3 Å². The topological polar surface area (TPSA) is 119 Å². The van der Waals surface area contributed by atoms with E-state index in [1.165, 1.54) is 24.3 Å². The van der Waals surface area contributed by atoms with Gasteiger partial charge in [0.25, 0.3) is 5.69 Å². The van der Waals surface area contributed by atoms with Gasteiger partial charge in [0.1, 0.15) is 5.60 Å². The van der Waals surface area contributed by atoms with Crippen molar-refractivity contribution in [3.05, 3.63) is 34.4 Å². The molecular weight excluding hydrogens is 410 g/mol. The number of likely N-dealkylation sites (tertiary alicyclic amines) is 1. The van der Waals surface area contributed by atoms with Crippen LogP contribution >= 0.6 is 0 Å². The number of nitrogens with zero attached hydrogens (tertiary/aromatic N) is 2. The Bertz CT molecular complexity index is 875. The molecule has 1 aromatic carbocycles. The third-order valence-electron chi connectivity index (χ3n) is 5.05. The van der Waals surface area contributed by atoms with E-state index in [-0.39, 0.29) is 40.4 Å². The highest BCUT2D eigenvalue weighted by atomic mass is 32.2. The Kier molecular flexibility index (Phi) is 7.13. The maximum Gasteiger partial charge on any atom is 0.410 e. The second-order valence-corrected chi connectivity index (χ2v) is 11.4. The van der Waals surface area contributed by atoms with Gasteiger partial charge in [0.15, 0.2) is 9.84 Å². The maximum atomic E-state index is 12.5. The Morgan fingerprint density at radius 3 is 2.40 bits per heavy atom. The van der Waals surface area contributed by atoms with Crippen molar-refractivity contribution in [2.45, 2.75) is 57.6 Å². The fourth-order valence-electron chi connectivity index (χ4n) is 3.48. The fourth-order valence-corrected chi connectivity index (χ4v) is 4.65. The van der Waals surface area contributed by atoms with Crippen molar-refractivity contribution in [2.24, 2.45) is 5.41 Å². The molecule has 168 valence electrons. The van der Waals surface area contributed by atoms with Gasteiger partial charge in [-0.3, -0.25) is 10.1 Å². The highest BCUT2D eigenvalue weighted by molar-refractivity contribution is 7.91. The van der Waals surface area contributed by atoms with Crippen LogP contribution in [0.2, 0.25) is 0 Å². The van der Waals surface area contributed by atoms with E-state index < -0.39 is 20.4 Å². The molecule has 0 saturated carbocycles. The Labute approximate surface area is 177 Å². The summed E-state index contributed by atoms with van der Waals surface area (Å²) in [5.74, 6) is -0.118. The van der Waals surface area contributed by atoms with Gasteiger partial charge in [0, 0.05) is 37.8 Å². The number of nitro benzene ring substituents is 1. The van der Waals surface area contributed by atoms with Crippen LogP contribution in [0.3, 0.4) is 0 Å². The number of benzene rings is 1. The van der Waals surface area contributed by atoms with E-state index in [0.717, 1.165) is 0 Å². The van der Waals surface area contributed by atoms with Crippen LogP contribution in [-0.2, 0) is 14.6 Å². The first-order valence-electron chi connectivity index (χ1n) is 9.90. The van der Waals surface area contributed by atoms with Gasteiger partial charge in [-0.1, -0.05) is 13.8 Å². The number of sulfone groups is 1. The van der Waals surface area contributed by atoms with E-state index >= 15 is 0 Å². The smallest absolute Gasteiger partial charge is 0.410 e. The summed E-state index contributed by atoms with van der Waals surface area (Å²) in [6.07, 6.45) is 0.346. The largest absolute Gasteiger partial charge is 0.444 e. The van der Waals surface area contributed by atoms with Crippen molar-refractivity contribution in [2.75, 3.05) is 25.4 Å². The molecule has 0 bridgehead atoms. The van der Waals surface area contributed by atoms with E-state index in [1.54, 1.807) is 4.90 Å². The van der Waals surface area contributed by atoms with Crippen LogP contribution in [0, 0.1) is 15.5 Å². The highest BCUT2D eigenvalue weighted by Gasteiger charge is 2.38. The predicted octanol–water partition coefficient (Wildman–Crippen LogP) is 2.99. The number of nitrogens with one attached hydrogen (secondary N) is 1. The van der Waals surface area contributed by atoms with Crippen LogP contribution in [0.1, 0.15) is 41.0 Å². The molecule has 0 unspecified atom stereocenters. The predicted molar refractivity (Wildman–Crippen MR) is 113 cm³/mol. The Morgan fingerprint density at radius 2 is 1.90 bits per heavy atom. The first-order valence-corrected chi connectivity index (χ1v) is 11.5. The van der Waals surface area contributed by atoms with Gasteiger partial charge >= 0.3 is 6.09 Å². The summed E-state index contributed by atoms with van der Waals surface area (Å²) >= 11 is 0. The minimum atomic E-state index is -3.55. The molecule has 0 spiro atoms. The van der Waals surface area contributed by atoms with Crippen molar-refractivity contribution in [1.29, 1.82) is 0 Å². The van der Waals surface area contributed by atoms with Crippen molar-refractivity contribution >= 4 is 21.6 Å². The lowest BCUT2D eigenvalue weighted by Gasteiger charge is -2.44. The van der Waals surface area contributed by atoms with Crippen molar-refractivity contribution < 1.29 is 22.9 Å². The van der Waals surface area contributed by atoms with Gasteiger partial charge in [-0.05, 0) is 44.7 Å². The summed E-state index contributed by atoms with van der Waals surface area (Å²) in [6, 6.07) is 4.95. The zero-order valence-corrected chi connectivity index (χ0v) is 19.0. The lowest BCUT2D eigenvalue weighted by atomic mass is 9.79. The van der Waals surface area contributed by atoms with Crippen molar-refractivity contribution in [3.63, 3.8) is 0 Å². The Balaban J connectivity index is 1.91. The number of non-ortho nitro benzene ring substituents is 1. The molecule has 1 heterocycles. The van der Waals surface area contributed by atoms with Gasteiger partial charge < -0.3 is 15.0 Å². The summed E-state index contributed by atoms with van der Waals surface area (Å²) in [6.45, 7) is 10.8. The third kappa shape index (κ3) is 6.40. The van der Waals surface area contributed by atoms with Crippen LogP contribution in [0.25, 0.3) is 0 Å². The maximum absolute atomic E-state index is 12.5. The Morgan fingerprint density at radius 1 is 1.30 bits per heavy atom. The van der Waals surface area contributed by atoms with Gasteiger partial charge in [-0.15, -0.1) is 0 Å². The minimum Gasteiger partial charge on any atom is -0.444 e. The number of ether oxygens (including phenoxy) is 1. The lowest BCUT2D eigenvalue weighted by molar-refractivity contribution is -0.384. The van der Waals surface area contributed by atoms with Crippen molar-refractivity contribution in [1.82, 2.24) is 10.2 Å². The molecule has 0 aliphatic carbocycles. The zero-order chi connectivity index (χ0) is 22.7. The average Bonchev–Trinajstić information content (AvgIpc) is 2.61. The number of nitro groups is 1. The minimum absolute atomic E-state index is 0.0447. The SMILES string of the molecule is CC(C)(C)OC(=O)N1CC[C@@H](NCCS(=O)(=O)c2ccc([N+](=O)[O-])cc2)C(C)(C)C1. The molecule has 1 aromatic rings. The number of carbonyl (C=O) groups excluding carboxylic acids is 1. The first kappa shape index (κ1) is 24.1. The molecule has 1 amide bonds. The van der Waals surface area contributed by atoms with Crippen LogP contribution in [0.4, 0.5) is 10.5 Å². The number of piperidine rings is 1. The molecule has 1 aliphatic rings. The number of carbonyl (C=O) groups is 1. The molecule has 10 heteroatoms. The quantitative estimate of drug-likeness (QED) is 0.532. The molecule has 1 saturated heterocycles. The molecule has 0 aromatic heterocycles. The molecule has 1 fully saturated rings. The summed E-state index contributed by atoms with van der Waals surface area (Å²) in [4.78, 5) is 24.2. The normalized spacial score (nSPS) is 19.4. The third-order valence-corrected chi connectivity index (χ3v) is 6.78. The van der Waals surface area contributed by atoms with Crippen LogP contribution in [0.15, 0.2) is 29.2 Å². The molecule has 2 rings (SSSR count). The fraction of sp³-hybridized carbons (Fsp3) is 0.650. The van der Waals surface area contributed by atoms with Crippen molar-refractivity contribution in [3.8, 4) is 0 Å². The van der Waals surface area contributed by atoms with Crippen LogP contribution in [0.5, 0.6) is 0 Å². The van der Waals surface area contributed by atoms with Gasteiger partial charge in [0.2, 0.25) is 0 Å². The van der Waals surface area contributed by atoms with E-state index in [4.69, 9.17) is 4.74 Å². The summed E-state index contributed by atoms with van der Waals surface area (Å²) in [7, 11) is -3.55. The summed E-state index contributed by atoms with van der Waals surface area (Å²) < 4.78 is 30.5. The second kappa shape index (κ2) is 8.89. The van der Waals surface area contributed by atoms with E-state index in [2.05, 4.69) is 5.32 Å². The molecule has 30 heavy (non-hydrogen) atoms. The van der Waals surface area contributed by atoms with E-state index in [1.807, 2.05) is 34.6 Å². The Hall–Kier alpha value is -2.20. The summed E-state index contributed by atoms with van der Waals surface area (Å²) in [5, 5.41) is 14.0. The standard InChI is InChI=1S/C20H31N3O6S/c1-19(2,3)29-18(24)22-12-10-17(20(4,5)14-22)21-11-13-30(27,28)16-8-6-15(7-9-16)23(25)26/h6-9,17,21H,10-14H2,1-5H3/t17-/m1/s1. The first-order chi connectivity index (χ1) is 13.7. The number of hydrogen-bond donors (Lipinski definition) is 1. The second-order valence-electron chi connectivity index (χ2n) is 9.26. The van der Waals surface area contributed by atoms with Gasteiger partial charge in [0.05, 0.1) is 15.6 Å². The number of hydrogen-bond acceptors (Lipinski definition) is 7. The molecule has 1 aliphatic heterocycles. The summed E-state index contributed by atoms with van der Waals surface area (Å²) in [5.41, 5.74) is -0.958. The monoisotopic (exact) mass is 441 g/mol.